The number of anilines is 1. The number of hydrogen-bond acceptors (Lipinski definition) is 3. The maximum absolute atomic E-state index is 11.8. The lowest BCUT2D eigenvalue weighted by Crippen LogP contribution is -2.45. The number of amides is 1. The molecule has 0 bridgehead atoms. The maximum atomic E-state index is 11.8. The molecule has 0 radical (unpaired) electrons. The van der Waals surface area contributed by atoms with E-state index >= 15 is 0 Å². The first kappa shape index (κ1) is 16.6. The number of nitrogens with zero attached hydrogens (tertiary/aromatic N) is 2. The van der Waals surface area contributed by atoms with Crippen molar-refractivity contribution in [2.45, 2.75) is 38.3 Å². The molecule has 2 fully saturated rings. The topological polar surface area (TPSA) is 68.8 Å². The molecule has 6 nitrogen and oxygen atoms in total. The number of carbonyl (C=O) groups excluding carboxylic acids is 1. The second-order valence-electron chi connectivity index (χ2n) is 6.45. The van der Waals surface area contributed by atoms with Crippen molar-refractivity contribution in [2.75, 3.05) is 31.1 Å². The van der Waals surface area contributed by atoms with Gasteiger partial charge >= 0.3 is 0 Å². The van der Waals surface area contributed by atoms with Crippen molar-refractivity contribution < 1.29 is 4.79 Å². The number of rotatable bonds is 6. The summed E-state index contributed by atoms with van der Waals surface area (Å²) in [5, 5.41) is 9.65. The van der Waals surface area contributed by atoms with Crippen LogP contribution < -0.4 is 20.9 Å². The molecule has 1 aliphatic carbocycles. The van der Waals surface area contributed by atoms with Gasteiger partial charge in [0.2, 0.25) is 5.91 Å². The number of guanidine groups is 1. The highest BCUT2D eigenvalue weighted by atomic mass is 16.2. The van der Waals surface area contributed by atoms with E-state index in [-0.39, 0.29) is 12.5 Å². The predicted molar refractivity (Wildman–Crippen MR) is 97.3 cm³/mol. The van der Waals surface area contributed by atoms with Crippen LogP contribution in [0.4, 0.5) is 5.69 Å². The van der Waals surface area contributed by atoms with Gasteiger partial charge in [-0.15, -0.1) is 0 Å². The Kier molecular flexibility index (Phi) is 5.56. The van der Waals surface area contributed by atoms with Gasteiger partial charge in [0.05, 0.1) is 0 Å². The van der Waals surface area contributed by atoms with Crippen LogP contribution >= 0.6 is 0 Å². The molecule has 1 saturated carbocycles. The molecule has 3 rings (SSSR count). The van der Waals surface area contributed by atoms with Crippen LogP contribution in [0, 0.1) is 0 Å². The molecule has 1 unspecified atom stereocenters. The van der Waals surface area contributed by atoms with Crippen LogP contribution in [0.15, 0.2) is 35.3 Å². The summed E-state index contributed by atoms with van der Waals surface area (Å²) in [6, 6.07) is 11.2. The van der Waals surface area contributed by atoms with Crippen LogP contribution in [-0.2, 0) is 4.79 Å². The van der Waals surface area contributed by atoms with E-state index in [2.05, 4.69) is 50.1 Å². The summed E-state index contributed by atoms with van der Waals surface area (Å²) in [7, 11) is 0. The Morgan fingerprint density at radius 3 is 2.67 bits per heavy atom. The Morgan fingerprint density at radius 1 is 1.17 bits per heavy atom. The molecule has 0 aromatic heterocycles. The number of benzene rings is 1. The summed E-state index contributed by atoms with van der Waals surface area (Å²) in [5.74, 6) is 0.732. The third kappa shape index (κ3) is 4.88. The molecule has 6 heteroatoms. The highest BCUT2D eigenvalue weighted by molar-refractivity contribution is 5.85. The fourth-order valence-corrected chi connectivity index (χ4v) is 2.92. The van der Waals surface area contributed by atoms with Crippen molar-refractivity contribution >= 4 is 17.6 Å². The van der Waals surface area contributed by atoms with Crippen molar-refractivity contribution in [3.63, 3.8) is 0 Å². The van der Waals surface area contributed by atoms with E-state index in [1.54, 1.807) is 0 Å². The lowest BCUT2D eigenvalue weighted by atomic mass is 10.3. The Balaban J connectivity index is 1.50. The van der Waals surface area contributed by atoms with Crippen molar-refractivity contribution in [2.24, 2.45) is 4.99 Å². The minimum atomic E-state index is 0.00652. The zero-order valence-electron chi connectivity index (χ0n) is 14.3. The molecule has 1 amide bonds. The minimum Gasteiger partial charge on any atom is -0.369 e. The quantitative estimate of drug-likeness (QED) is 0.540. The largest absolute Gasteiger partial charge is 0.369 e. The van der Waals surface area contributed by atoms with Crippen molar-refractivity contribution in [3.8, 4) is 0 Å². The van der Waals surface area contributed by atoms with E-state index in [1.165, 1.54) is 5.69 Å². The molecule has 0 spiro atoms. The molecule has 1 saturated heterocycles. The molecule has 1 atom stereocenters. The van der Waals surface area contributed by atoms with Crippen LogP contribution in [0.1, 0.15) is 26.2 Å². The summed E-state index contributed by atoms with van der Waals surface area (Å²) in [5.41, 5.74) is 1.26. The average molecular weight is 329 g/mol. The standard InChI is InChI=1S/C18H27N5O/c1-2-19-18(20-12-17(24)21-14-8-9-14)22-15-10-11-23(13-15)16-6-4-3-5-7-16/h3-7,14-15H,2,8-13H2,1H3,(H,21,24)(H2,19,20,22). The molecule has 3 N–H and O–H groups in total. The van der Waals surface area contributed by atoms with Crippen molar-refractivity contribution in [1.29, 1.82) is 0 Å². The highest BCUT2D eigenvalue weighted by Crippen LogP contribution is 2.19. The van der Waals surface area contributed by atoms with E-state index in [1.807, 2.05) is 13.0 Å². The third-order valence-corrected chi connectivity index (χ3v) is 4.32. The fourth-order valence-electron chi connectivity index (χ4n) is 2.92. The highest BCUT2D eigenvalue weighted by Gasteiger charge is 2.24. The van der Waals surface area contributed by atoms with Gasteiger partial charge in [-0.05, 0) is 38.3 Å². The third-order valence-electron chi connectivity index (χ3n) is 4.32. The molecular formula is C18H27N5O. The van der Waals surface area contributed by atoms with Crippen molar-refractivity contribution in [3.05, 3.63) is 30.3 Å². The van der Waals surface area contributed by atoms with Gasteiger partial charge < -0.3 is 20.9 Å². The number of aliphatic imine (C=N–C) groups is 1. The predicted octanol–water partition coefficient (Wildman–Crippen LogP) is 1.10. The number of para-hydroxylation sites is 1. The monoisotopic (exact) mass is 329 g/mol. The second kappa shape index (κ2) is 8.04. The molecule has 1 aromatic rings. The van der Waals surface area contributed by atoms with Gasteiger partial charge in [0.15, 0.2) is 5.96 Å². The van der Waals surface area contributed by atoms with Crippen LogP contribution in [0.3, 0.4) is 0 Å². The zero-order chi connectivity index (χ0) is 16.8. The van der Waals surface area contributed by atoms with Crippen LogP contribution in [0.5, 0.6) is 0 Å². The van der Waals surface area contributed by atoms with E-state index in [4.69, 9.17) is 0 Å². The SMILES string of the molecule is CCNC(=NCC(=O)NC1CC1)NC1CCN(c2ccccc2)C1. The summed E-state index contributed by atoms with van der Waals surface area (Å²) in [6.07, 6.45) is 3.27. The van der Waals surface area contributed by atoms with Gasteiger partial charge in [-0.2, -0.15) is 0 Å². The average Bonchev–Trinajstić information content (AvgIpc) is 3.28. The molecule has 1 aliphatic heterocycles. The summed E-state index contributed by atoms with van der Waals surface area (Å²) in [6.45, 7) is 4.98. The fraction of sp³-hybridized carbons (Fsp3) is 0.556. The lowest BCUT2D eigenvalue weighted by Gasteiger charge is -2.20. The Hall–Kier alpha value is -2.24. The Morgan fingerprint density at radius 2 is 1.96 bits per heavy atom. The summed E-state index contributed by atoms with van der Waals surface area (Å²) in [4.78, 5) is 18.6. The molecule has 1 aromatic carbocycles. The number of carbonyl (C=O) groups is 1. The normalized spacial score (nSPS) is 20.8. The molecular weight excluding hydrogens is 302 g/mol. The van der Waals surface area contributed by atoms with Crippen LogP contribution in [0.2, 0.25) is 0 Å². The van der Waals surface area contributed by atoms with Gasteiger partial charge in [0.1, 0.15) is 6.54 Å². The van der Waals surface area contributed by atoms with E-state index in [0.29, 0.717) is 12.1 Å². The van der Waals surface area contributed by atoms with Crippen molar-refractivity contribution in [1.82, 2.24) is 16.0 Å². The van der Waals surface area contributed by atoms with Gasteiger partial charge in [0, 0.05) is 37.4 Å². The molecule has 24 heavy (non-hydrogen) atoms. The number of hydrogen-bond donors (Lipinski definition) is 3. The van der Waals surface area contributed by atoms with Gasteiger partial charge in [-0.1, -0.05) is 18.2 Å². The summed E-state index contributed by atoms with van der Waals surface area (Å²) < 4.78 is 0. The van der Waals surface area contributed by atoms with Crippen LogP contribution in [0.25, 0.3) is 0 Å². The Bertz CT molecular complexity index is 570. The molecule has 2 aliphatic rings. The molecule has 130 valence electrons. The van der Waals surface area contributed by atoms with Gasteiger partial charge in [-0.25, -0.2) is 4.99 Å². The van der Waals surface area contributed by atoms with E-state index in [9.17, 15) is 4.79 Å². The zero-order valence-corrected chi connectivity index (χ0v) is 14.3. The first-order chi connectivity index (χ1) is 11.7. The summed E-state index contributed by atoms with van der Waals surface area (Å²) >= 11 is 0. The first-order valence-corrected chi connectivity index (χ1v) is 8.89. The van der Waals surface area contributed by atoms with Gasteiger partial charge in [-0.3, -0.25) is 4.79 Å². The lowest BCUT2D eigenvalue weighted by molar-refractivity contribution is -0.119. The van der Waals surface area contributed by atoms with E-state index in [0.717, 1.165) is 44.9 Å². The molecule has 1 heterocycles. The first-order valence-electron chi connectivity index (χ1n) is 8.89. The smallest absolute Gasteiger partial charge is 0.242 e. The Labute approximate surface area is 143 Å². The minimum absolute atomic E-state index is 0.00652. The van der Waals surface area contributed by atoms with Gasteiger partial charge in [0.25, 0.3) is 0 Å². The van der Waals surface area contributed by atoms with E-state index < -0.39 is 0 Å². The second-order valence-corrected chi connectivity index (χ2v) is 6.45. The number of nitrogens with one attached hydrogen (secondary N) is 3. The van der Waals surface area contributed by atoms with Crippen LogP contribution in [-0.4, -0.2) is 50.1 Å². The maximum Gasteiger partial charge on any atom is 0.242 e.